The SMILES string of the molecule is Cc1cc(CNCCI)n(C)n1. The first-order chi connectivity index (χ1) is 5.74. The van der Waals surface area contributed by atoms with Crippen molar-refractivity contribution in [1.29, 1.82) is 0 Å². The molecule has 0 radical (unpaired) electrons. The number of nitrogens with zero attached hydrogens (tertiary/aromatic N) is 2. The van der Waals surface area contributed by atoms with Gasteiger partial charge in [-0.1, -0.05) is 22.6 Å². The Hall–Kier alpha value is -0.100. The van der Waals surface area contributed by atoms with E-state index in [4.69, 9.17) is 0 Å². The summed E-state index contributed by atoms with van der Waals surface area (Å²) < 4.78 is 3.07. The van der Waals surface area contributed by atoms with Crippen molar-refractivity contribution in [1.82, 2.24) is 15.1 Å². The summed E-state index contributed by atoms with van der Waals surface area (Å²) in [5.41, 5.74) is 2.33. The van der Waals surface area contributed by atoms with Gasteiger partial charge in [-0.05, 0) is 13.0 Å². The van der Waals surface area contributed by atoms with Crippen LogP contribution in [0, 0.1) is 6.92 Å². The summed E-state index contributed by atoms with van der Waals surface area (Å²) in [6, 6.07) is 2.11. The van der Waals surface area contributed by atoms with Gasteiger partial charge in [-0.25, -0.2) is 0 Å². The number of rotatable bonds is 4. The molecule has 1 rings (SSSR count). The predicted octanol–water partition coefficient (Wildman–Crippen LogP) is 1.25. The van der Waals surface area contributed by atoms with Crippen LogP contribution in [-0.4, -0.2) is 20.8 Å². The van der Waals surface area contributed by atoms with E-state index in [0.29, 0.717) is 0 Å². The molecule has 0 unspecified atom stereocenters. The minimum Gasteiger partial charge on any atom is -0.310 e. The van der Waals surface area contributed by atoms with E-state index in [-0.39, 0.29) is 0 Å². The van der Waals surface area contributed by atoms with E-state index in [9.17, 15) is 0 Å². The molecule has 0 atom stereocenters. The normalized spacial score (nSPS) is 10.6. The summed E-state index contributed by atoms with van der Waals surface area (Å²) in [7, 11) is 1.98. The zero-order valence-electron chi connectivity index (χ0n) is 7.47. The fourth-order valence-electron chi connectivity index (χ4n) is 1.11. The summed E-state index contributed by atoms with van der Waals surface area (Å²) in [5, 5.41) is 7.60. The Morgan fingerprint density at radius 1 is 1.67 bits per heavy atom. The standard InChI is InChI=1S/C8H14IN3/c1-7-5-8(12(2)11-7)6-10-4-3-9/h5,10H,3-4,6H2,1-2H3. The second-order valence-corrected chi connectivity index (χ2v) is 3.85. The van der Waals surface area contributed by atoms with Crippen molar-refractivity contribution in [2.75, 3.05) is 11.0 Å². The molecule has 4 heteroatoms. The maximum atomic E-state index is 4.26. The van der Waals surface area contributed by atoms with Gasteiger partial charge >= 0.3 is 0 Å². The molecule has 1 heterocycles. The molecule has 0 spiro atoms. The van der Waals surface area contributed by atoms with Gasteiger partial charge in [0.15, 0.2) is 0 Å². The molecular weight excluding hydrogens is 265 g/mol. The fourth-order valence-corrected chi connectivity index (χ4v) is 1.49. The Bertz CT molecular complexity index is 244. The number of aromatic nitrogens is 2. The van der Waals surface area contributed by atoms with Gasteiger partial charge in [0.2, 0.25) is 0 Å². The van der Waals surface area contributed by atoms with E-state index in [1.54, 1.807) is 0 Å². The molecule has 0 aliphatic rings. The van der Waals surface area contributed by atoms with Crippen molar-refractivity contribution in [3.05, 3.63) is 17.5 Å². The molecule has 0 saturated heterocycles. The van der Waals surface area contributed by atoms with Crippen LogP contribution < -0.4 is 5.32 Å². The minimum atomic E-state index is 0.917. The van der Waals surface area contributed by atoms with Crippen LogP contribution in [0.5, 0.6) is 0 Å². The van der Waals surface area contributed by atoms with Gasteiger partial charge in [0, 0.05) is 24.6 Å². The molecular formula is C8H14IN3. The van der Waals surface area contributed by atoms with Crippen molar-refractivity contribution in [3.8, 4) is 0 Å². The van der Waals surface area contributed by atoms with Crippen LogP contribution in [0.25, 0.3) is 0 Å². The van der Waals surface area contributed by atoms with Crippen LogP contribution >= 0.6 is 22.6 Å². The minimum absolute atomic E-state index is 0.917. The maximum absolute atomic E-state index is 4.26. The van der Waals surface area contributed by atoms with E-state index in [0.717, 1.165) is 23.2 Å². The van der Waals surface area contributed by atoms with E-state index in [1.807, 2.05) is 18.7 Å². The van der Waals surface area contributed by atoms with Crippen molar-refractivity contribution in [2.45, 2.75) is 13.5 Å². The first kappa shape index (κ1) is 9.98. The van der Waals surface area contributed by atoms with E-state index >= 15 is 0 Å². The zero-order chi connectivity index (χ0) is 8.97. The third-order valence-electron chi connectivity index (χ3n) is 1.68. The van der Waals surface area contributed by atoms with Crippen LogP contribution in [0.1, 0.15) is 11.4 Å². The van der Waals surface area contributed by atoms with Crippen LogP contribution in [0.2, 0.25) is 0 Å². The van der Waals surface area contributed by atoms with Gasteiger partial charge in [-0.3, -0.25) is 4.68 Å². The quantitative estimate of drug-likeness (QED) is 0.511. The zero-order valence-corrected chi connectivity index (χ0v) is 9.63. The second kappa shape index (κ2) is 4.81. The van der Waals surface area contributed by atoms with Gasteiger partial charge < -0.3 is 5.32 Å². The lowest BCUT2D eigenvalue weighted by atomic mass is 10.3. The second-order valence-electron chi connectivity index (χ2n) is 2.77. The highest BCUT2D eigenvalue weighted by atomic mass is 127. The summed E-state index contributed by atoms with van der Waals surface area (Å²) >= 11 is 2.36. The van der Waals surface area contributed by atoms with Crippen LogP contribution in [0.3, 0.4) is 0 Å². The van der Waals surface area contributed by atoms with Gasteiger partial charge in [-0.2, -0.15) is 5.10 Å². The smallest absolute Gasteiger partial charge is 0.0597 e. The van der Waals surface area contributed by atoms with Crippen LogP contribution in [0.4, 0.5) is 0 Å². The molecule has 0 aliphatic heterocycles. The van der Waals surface area contributed by atoms with Crippen LogP contribution in [0.15, 0.2) is 6.07 Å². The Labute approximate surface area is 86.7 Å². The molecule has 0 aromatic carbocycles. The predicted molar refractivity (Wildman–Crippen MR) is 58.5 cm³/mol. The Balaban J connectivity index is 2.45. The molecule has 0 amide bonds. The number of aryl methyl sites for hydroxylation is 2. The van der Waals surface area contributed by atoms with Gasteiger partial charge in [-0.15, -0.1) is 0 Å². The summed E-state index contributed by atoms with van der Waals surface area (Å²) in [6.45, 7) is 3.99. The van der Waals surface area contributed by atoms with E-state index < -0.39 is 0 Å². The first-order valence-corrected chi connectivity index (χ1v) is 5.53. The van der Waals surface area contributed by atoms with Gasteiger partial charge in [0.25, 0.3) is 0 Å². The molecule has 3 nitrogen and oxygen atoms in total. The average molecular weight is 279 g/mol. The van der Waals surface area contributed by atoms with Gasteiger partial charge in [0.1, 0.15) is 0 Å². The Kier molecular flexibility index (Phi) is 4.00. The largest absolute Gasteiger partial charge is 0.310 e. The molecule has 12 heavy (non-hydrogen) atoms. The third-order valence-corrected chi connectivity index (χ3v) is 2.22. The van der Waals surface area contributed by atoms with E-state index in [1.165, 1.54) is 5.69 Å². The molecule has 1 aromatic heterocycles. The van der Waals surface area contributed by atoms with Crippen LogP contribution in [-0.2, 0) is 13.6 Å². The topological polar surface area (TPSA) is 29.9 Å². The lowest BCUT2D eigenvalue weighted by Gasteiger charge is -2.01. The van der Waals surface area contributed by atoms with Crippen molar-refractivity contribution >= 4 is 22.6 Å². The number of alkyl halides is 1. The van der Waals surface area contributed by atoms with Crippen molar-refractivity contribution < 1.29 is 0 Å². The molecule has 0 saturated carbocycles. The Morgan fingerprint density at radius 3 is 2.92 bits per heavy atom. The summed E-state index contributed by atoms with van der Waals surface area (Å²) in [6.07, 6.45) is 0. The molecule has 1 N–H and O–H groups in total. The third kappa shape index (κ3) is 2.75. The summed E-state index contributed by atoms with van der Waals surface area (Å²) in [4.78, 5) is 0. The maximum Gasteiger partial charge on any atom is 0.0597 e. The van der Waals surface area contributed by atoms with E-state index in [2.05, 4.69) is 39.1 Å². The molecule has 0 fully saturated rings. The molecule has 0 bridgehead atoms. The van der Waals surface area contributed by atoms with Crippen molar-refractivity contribution in [3.63, 3.8) is 0 Å². The molecule has 68 valence electrons. The number of nitrogens with one attached hydrogen (secondary N) is 1. The number of hydrogen-bond donors (Lipinski definition) is 1. The fraction of sp³-hybridized carbons (Fsp3) is 0.625. The highest BCUT2D eigenvalue weighted by Gasteiger charge is 1.99. The monoisotopic (exact) mass is 279 g/mol. The number of hydrogen-bond acceptors (Lipinski definition) is 2. The average Bonchev–Trinajstić information content (AvgIpc) is 2.31. The highest BCUT2D eigenvalue weighted by Crippen LogP contribution is 2.00. The first-order valence-electron chi connectivity index (χ1n) is 4.00. The summed E-state index contributed by atoms with van der Waals surface area (Å²) in [5.74, 6) is 0. The molecule has 1 aromatic rings. The highest BCUT2D eigenvalue weighted by molar-refractivity contribution is 14.1. The lowest BCUT2D eigenvalue weighted by Crippen LogP contribution is -2.17. The molecule has 0 aliphatic carbocycles. The van der Waals surface area contributed by atoms with Crippen molar-refractivity contribution in [2.24, 2.45) is 7.05 Å². The lowest BCUT2D eigenvalue weighted by molar-refractivity contribution is 0.644. The van der Waals surface area contributed by atoms with Gasteiger partial charge in [0.05, 0.1) is 11.4 Å². The number of halogens is 1. The Morgan fingerprint density at radius 2 is 2.42 bits per heavy atom.